The van der Waals surface area contributed by atoms with Crippen molar-refractivity contribution in [1.29, 1.82) is 0 Å². The lowest BCUT2D eigenvalue weighted by atomic mass is 10.2. The molecule has 94 valence electrons. The van der Waals surface area contributed by atoms with Crippen LogP contribution in [0.5, 0.6) is 0 Å². The number of hydrogen-bond donors (Lipinski definition) is 0. The molecule has 1 aromatic heterocycles. The number of aryl methyl sites for hydroxylation is 1. The van der Waals surface area contributed by atoms with Crippen LogP contribution in [0.25, 0.3) is 0 Å². The molecule has 0 atom stereocenters. The van der Waals surface area contributed by atoms with Crippen molar-refractivity contribution in [3.8, 4) is 0 Å². The maximum Gasteiger partial charge on any atom is 0.268 e. The van der Waals surface area contributed by atoms with E-state index < -0.39 is 0 Å². The van der Waals surface area contributed by atoms with E-state index in [1.807, 2.05) is 0 Å². The lowest BCUT2D eigenvalue weighted by Gasteiger charge is -2.07. The molecule has 2 aromatic rings. The molecule has 0 amide bonds. The fourth-order valence-electron chi connectivity index (χ4n) is 1.49. The molecule has 3 nitrogen and oxygen atoms in total. The maximum atomic E-state index is 13.1. The number of rotatable bonds is 2. The quantitative estimate of drug-likeness (QED) is 0.807. The molecule has 0 aliphatic heterocycles. The van der Waals surface area contributed by atoms with Crippen molar-refractivity contribution < 1.29 is 4.39 Å². The normalized spacial score (nSPS) is 10.7. The summed E-state index contributed by atoms with van der Waals surface area (Å²) in [6, 6.07) is 4.65. The van der Waals surface area contributed by atoms with Gasteiger partial charge >= 0.3 is 0 Å². The fourth-order valence-corrected chi connectivity index (χ4v) is 2.25. The Labute approximate surface area is 120 Å². The van der Waals surface area contributed by atoms with Crippen LogP contribution in [0.1, 0.15) is 11.3 Å². The van der Waals surface area contributed by atoms with Crippen LogP contribution in [0.2, 0.25) is 0 Å². The maximum absolute atomic E-state index is 13.1. The van der Waals surface area contributed by atoms with Crippen molar-refractivity contribution in [2.75, 3.05) is 0 Å². The molecule has 0 aliphatic rings. The minimum atomic E-state index is -0.325. The highest BCUT2D eigenvalue weighted by Crippen LogP contribution is 2.17. The molecule has 6 heteroatoms. The van der Waals surface area contributed by atoms with Gasteiger partial charge in [0.05, 0.1) is 23.0 Å². The van der Waals surface area contributed by atoms with E-state index >= 15 is 0 Å². The molecular formula is C12H9Br2FN2O. The van der Waals surface area contributed by atoms with E-state index in [9.17, 15) is 9.18 Å². The average molecular weight is 376 g/mol. The van der Waals surface area contributed by atoms with Gasteiger partial charge in [-0.2, -0.15) is 0 Å². The van der Waals surface area contributed by atoms with Crippen molar-refractivity contribution in [2.45, 2.75) is 13.5 Å². The minimum absolute atomic E-state index is 0.150. The van der Waals surface area contributed by atoms with Crippen molar-refractivity contribution in [3.63, 3.8) is 0 Å². The van der Waals surface area contributed by atoms with Crippen LogP contribution >= 0.6 is 31.9 Å². The lowest BCUT2D eigenvalue weighted by Crippen LogP contribution is -2.22. The van der Waals surface area contributed by atoms with Gasteiger partial charge in [-0.05, 0) is 56.5 Å². The van der Waals surface area contributed by atoms with E-state index in [0.29, 0.717) is 21.2 Å². The summed E-state index contributed by atoms with van der Waals surface area (Å²) in [4.78, 5) is 16.0. The SMILES string of the molecule is Cc1ncn(Cc2ccc(F)c(Br)c2)c(=O)c1Br. The van der Waals surface area contributed by atoms with Crippen LogP contribution < -0.4 is 5.56 Å². The van der Waals surface area contributed by atoms with E-state index in [0.717, 1.165) is 5.56 Å². The number of benzene rings is 1. The molecule has 0 fully saturated rings. The molecule has 1 heterocycles. The van der Waals surface area contributed by atoms with Crippen LogP contribution in [0.4, 0.5) is 4.39 Å². The van der Waals surface area contributed by atoms with E-state index in [1.165, 1.54) is 17.0 Å². The monoisotopic (exact) mass is 374 g/mol. The van der Waals surface area contributed by atoms with Crippen LogP contribution in [-0.4, -0.2) is 9.55 Å². The highest BCUT2D eigenvalue weighted by Gasteiger charge is 2.07. The molecule has 0 aliphatic carbocycles. The van der Waals surface area contributed by atoms with Crippen LogP contribution in [0.15, 0.2) is 38.3 Å². The van der Waals surface area contributed by atoms with Gasteiger partial charge in [-0.3, -0.25) is 9.36 Å². The largest absolute Gasteiger partial charge is 0.294 e. The summed E-state index contributed by atoms with van der Waals surface area (Å²) in [6.45, 7) is 2.11. The van der Waals surface area contributed by atoms with Crippen molar-refractivity contribution >= 4 is 31.9 Å². The molecule has 2 rings (SSSR count). The molecular weight excluding hydrogens is 367 g/mol. The van der Waals surface area contributed by atoms with E-state index in [4.69, 9.17) is 0 Å². The van der Waals surface area contributed by atoms with Gasteiger partial charge in [0.2, 0.25) is 0 Å². The highest BCUT2D eigenvalue weighted by atomic mass is 79.9. The summed E-state index contributed by atoms with van der Waals surface area (Å²) in [5.74, 6) is -0.325. The molecule has 0 N–H and O–H groups in total. The molecule has 0 saturated carbocycles. The number of nitrogens with zero attached hydrogens (tertiary/aromatic N) is 2. The number of aromatic nitrogens is 2. The molecule has 1 aromatic carbocycles. The Morgan fingerprint density at radius 1 is 1.39 bits per heavy atom. The molecule has 0 radical (unpaired) electrons. The first kappa shape index (κ1) is 13.4. The summed E-state index contributed by atoms with van der Waals surface area (Å²) in [5.41, 5.74) is 1.32. The second-order valence-electron chi connectivity index (χ2n) is 3.83. The molecule has 0 spiro atoms. The molecule has 18 heavy (non-hydrogen) atoms. The van der Waals surface area contributed by atoms with Crippen molar-refractivity contribution in [2.24, 2.45) is 0 Å². The third kappa shape index (κ3) is 2.70. The summed E-state index contributed by atoms with van der Waals surface area (Å²) in [5, 5.41) is 0. The zero-order chi connectivity index (χ0) is 13.3. The Bertz CT molecular complexity index is 655. The van der Waals surface area contributed by atoms with Gasteiger partial charge in [0.15, 0.2) is 0 Å². The Balaban J connectivity index is 2.37. The summed E-state index contributed by atoms with van der Waals surface area (Å²) >= 11 is 6.32. The predicted molar refractivity (Wildman–Crippen MR) is 74.1 cm³/mol. The van der Waals surface area contributed by atoms with Crippen LogP contribution in [0.3, 0.4) is 0 Å². The van der Waals surface area contributed by atoms with Gasteiger partial charge in [0, 0.05) is 0 Å². The Kier molecular flexibility index (Phi) is 3.97. The van der Waals surface area contributed by atoms with E-state index in [1.54, 1.807) is 19.1 Å². The van der Waals surface area contributed by atoms with Gasteiger partial charge < -0.3 is 0 Å². The smallest absolute Gasteiger partial charge is 0.268 e. The molecule has 0 unspecified atom stereocenters. The second kappa shape index (κ2) is 5.32. The average Bonchev–Trinajstić information content (AvgIpc) is 2.34. The van der Waals surface area contributed by atoms with Gasteiger partial charge in [-0.1, -0.05) is 6.07 Å². The molecule has 0 bridgehead atoms. The Morgan fingerprint density at radius 3 is 2.78 bits per heavy atom. The van der Waals surface area contributed by atoms with Gasteiger partial charge in [0.25, 0.3) is 5.56 Å². The standard InChI is InChI=1S/C12H9Br2FN2O/c1-7-11(14)12(18)17(6-16-7)5-8-2-3-10(15)9(13)4-8/h2-4,6H,5H2,1H3. The zero-order valence-corrected chi connectivity index (χ0v) is 12.6. The topological polar surface area (TPSA) is 34.9 Å². The van der Waals surface area contributed by atoms with E-state index in [-0.39, 0.29) is 11.4 Å². The van der Waals surface area contributed by atoms with Crippen LogP contribution in [0, 0.1) is 12.7 Å². The first-order valence-electron chi connectivity index (χ1n) is 5.14. The van der Waals surface area contributed by atoms with Crippen LogP contribution in [-0.2, 0) is 6.54 Å². The van der Waals surface area contributed by atoms with Crippen molar-refractivity contribution in [3.05, 3.63) is 60.9 Å². The fraction of sp³-hybridized carbons (Fsp3) is 0.167. The minimum Gasteiger partial charge on any atom is -0.294 e. The van der Waals surface area contributed by atoms with E-state index in [2.05, 4.69) is 36.8 Å². The lowest BCUT2D eigenvalue weighted by molar-refractivity contribution is 0.619. The van der Waals surface area contributed by atoms with Gasteiger partial charge in [-0.25, -0.2) is 9.37 Å². The number of halogens is 3. The third-order valence-electron chi connectivity index (χ3n) is 2.49. The van der Waals surface area contributed by atoms with Crippen molar-refractivity contribution in [1.82, 2.24) is 9.55 Å². The summed E-state index contributed by atoms with van der Waals surface area (Å²) < 4.78 is 15.4. The third-order valence-corrected chi connectivity index (χ3v) is 4.01. The first-order valence-corrected chi connectivity index (χ1v) is 6.73. The number of hydrogen-bond acceptors (Lipinski definition) is 2. The second-order valence-corrected chi connectivity index (χ2v) is 5.47. The summed E-state index contributed by atoms with van der Waals surface area (Å²) in [7, 11) is 0. The summed E-state index contributed by atoms with van der Waals surface area (Å²) in [6.07, 6.45) is 1.49. The Hall–Kier alpha value is -1.01. The molecule has 0 saturated heterocycles. The predicted octanol–water partition coefficient (Wildman–Crippen LogP) is 3.26. The zero-order valence-electron chi connectivity index (χ0n) is 9.45. The Morgan fingerprint density at radius 2 is 2.11 bits per heavy atom. The van der Waals surface area contributed by atoms with Gasteiger partial charge in [-0.15, -0.1) is 0 Å². The first-order chi connectivity index (χ1) is 8.49. The highest BCUT2D eigenvalue weighted by molar-refractivity contribution is 9.10. The van der Waals surface area contributed by atoms with Gasteiger partial charge in [0.1, 0.15) is 10.3 Å².